The van der Waals surface area contributed by atoms with Crippen LogP contribution >= 0.6 is 0 Å². The molecule has 16 heteroatoms. The Labute approximate surface area is 351 Å². The predicted molar refractivity (Wildman–Crippen MR) is 229 cm³/mol. The summed E-state index contributed by atoms with van der Waals surface area (Å²) in [5.74, 6) is -0.0270. The van der Waals surface area contributed by atoms with E-state index in [1.54, 1.807) is 116 Å². The summed E-state index contributed by atoms with van der Waals surface area (Å²) in [5.41, 5.74) is 0.794. The van der Waals surface area contributed by atoms with E-state index in [1.807, 2.05) is 13.0 Å². The number of anilines is 3. The highest BCUT2D eigenvalue weighted by molar-refractivity contribution is 7.92. The first kappa shape index (κ1) is 43.7. The maximum atomic E-state index is 14.8. The number of rotatable bonds is 6. The zero-order chi connectivity index (χ0) is 43.9. The number of benzene rings is 3. The van der Waals surface area contributed by atoms with Crippen LogP contribution in [0.1, 0.15) is 90.0 Å². The van der Waals surface area contributed by atoms with Crippen molar-refractivity contribution in [1.29, 1.82) is 0 Å². The lowest BCUT2D eigenvalue weighted by Crippen LogP contribution is -2.44. The Hall–Kier alpha value is -5.90. The number of sulfone groups is 1. The SMILES string of the molecule is COc1ccc2cc1[C@H](C)CN(C)C(=O)Nc1ccc(S(=O)(=O)C3CC3)c(c1)CN(C)C(=O)C2Nc1ccc2c(N(C(=O)OC(C)(C)C)C(=O)OC(C)(C)C)nccc2c1. The number of amides is 5. The Bertz CT molecular complexity index is 2410. The van der Waals surface area contributed by atoms with E-state index in [0.29, 0.717) is 58.4 Å². The number of imide groups is 1. The molecule has 1 aliphatic carbocycles. The number of likely N-dealkylation sites (N-methyl/N-ethyl adjacent to an activating group) is 2. The van der Waals surface area contributed by atoms with Gasteiger partial charge in [0.25, 0.3) is 0 Å². The maximum absolute atomic E-state index is 14.8. The number of methoxy groups -OCH3 is 1. The fourth-order valence-corrected chi connectivity index (χ4v) is 8.91. The van der Waals surface area contributed by atoms with E-state index in [4.69, 9.17) is 14.2 Å². The largest absolute Gasteiger partial charge is 0.496 e. The Kier molecular flexibility index (Phi) is 12.1. The van der Waals surface area contributed by atoms with E-state index < -0.39 is 44.5 Å². The van der Waals surface area contributed by atoms with Gasteiger partial charge in [-0.1, -0.05) is 13.0 Å². The molecule has 1 aromatic heterocycles. The van der Waals surface area contributed by atoms with Crippen LogP contribution in [0.15, 0.2) is 71.8 Å². The zero-order valence-corrected chi connectivity index (χ0v) is 36.6. The monoisotopic (exact) mass is 842 g/mol. The van der Waals surface area contributed by atoms with Crippen molar-refractivity contribution < 1.29 is 41.8 Å². The second-order valence-corrected chi connectivity index (χ2v) is 19.6. The van der Waals surface area contributed by atoms with Crippen LogP contribution < -0.4 is 20.3 Å². The molecule has 0 radical (unpaired) electrons. The third-order valence-corrected chi connectivity index (χ3v) is 12.4. The summed E-state index contributed by atoms with van der Waals surface area (Å²) >= 11 is 0. The highest BCUT2D eigenvalue weighted by Gasteiger charge is 2.39. The number of fused-ring (bicyclic) bond motifs is 5. The van der Waals surface area contributed by atoms with Crippen LogP contribution in [-0.2, 0) is 30.7 Å². The van der Waals surface area contributed by atoms with Crippen LogP contribution in [0.4, 0.5) is 31.6 Å². The summed E-state index contributed by atoms with van der Waals surface area (Å²) in [6.07, 6.45) is 0.664. The third-order valence-electron chi connectivity index (χ3n) is 10.0. The van der Waals surface area contributed by atoms with Gasteiger partial charge < -0.3 is 34.6 Å². The minimum absolute atomic E-state index is 0.00169. The van der Waals surface area contributed by atoms with E-state index in [0.717, 1.165) is 10.5 Å². The third kappa shape index (κ3) is 9.75. The van der Waals surface area contributed by atoms with Gasteiger partial charge >= 0.3 is 18.2 Å². The summed E-state index contributed by atoms with van der Waals surface area (Å²) in [6, 6.07) is 15.7. The Morgan fingerprint density at radius 3 is 2.17 bits per heavy atom. The van der Waals surface area contributed by atoms with Crippen LogP contribution in [-0.4, -0.2) is 91.5 Å². The van der Waals surface area contributed by atoms with Crippen molar-refractivity contribution in [2.45, 2.75) is 101 Å². The molecule has 4 aromatic rings. The first-order valence-electron chi connectivity index (χ1n) is 19.8. The molecular formula is C44H54N6O9S. The number of hydrogen-bond acceptors (Lipinski definition) is 11. The van der Waals surface area contributed by atoms with Gasteiger partial charge in [0.1, 0.15) is 23.0 Å². The van der Waals surface area contributed by atoms with Crippen molar-refractivity contribution in [1.82, 2.24) is 14.8 Å². The molecule has 0 spiro atoms. The van der Waals surface area contributed by atoms with Crippen LogP contribution in [0.3, 0.4) is 0 Å². The minimum Gasteiger partial charge on any atom is -0.496 e. The lowest BCUT2D eigenvalue weighted by Gasteiger charge is -2.29. The maximum Gasteiger partial charge on any atom is 0.425 e. The van der Waals surface area contributed by atoms with E-state index in [1.165, 1.54) is 17.2 Å². The Balaban J connectivity index is 1.44. The highest BCUT2D eigenvalue weighted by atomic mass is 32.2. The topological polar surface area (TPSA) is 177 Å². The highest BCUT2D eigenvalue weighted by Crippen LogP contribution is 2.38. The van der Waals surface area contributed by atoms with E-state index >= 15 is 0 Å². The van der Waals surface area contributed by atoms with E-state index in [-0.39, 0.29) is 35.1 Å². The van der Waals surface area contributed by atoms with E-state index in [9.17, 15) is 27.6 Å². The van der Waals surface area contributed by atoms with Crippen molar-refractivity contribution in [3.8, 4) is 5.75 Å². The molecular weight excluding hydrogens is 789 g/mol. The van der Waals surface area contributed by atoms with Crippen molar-refractivity contribution in [3.63, 3.8) is 0 Å². The van der Waals surface area contributed by atoms with Crippen molar-refractivity contribution in [2.75, 3.05) is 43.3 Å². The van der Waals surface area contributed by atoms with Gasteiger partial charge in [0, 0.05) is 56.1 Å². The molecule has 1 aliphatic heterocycles. The first-order valence-corrected chi connectivity index (χ1v) is 21.3. The fourth-order valence-electron chi connectivity index (χ4n) is 7.05. The summed E-state index contributed by atoms with van der Waals surface area (Å²) in [7, 11) is 1.16. The van der Waals surface area contributed by atoms with Gasteiger partial charge in [0.15, 0.2) is 15.7 Å². The molecule has 15 nitrogen and oxygen atoms in total. The van der Waals surface area contributed by atoms with Crippen LogP contribution in [0, 0.1) is 0 Å². The molecule has 2 aliphatic rings. The normalized spacial score (nSPS) is 17.9. The molecule has 4 bridgehead atoms. The van der Waals surface area contributed by atoms with Gasteiger partial charge in [-0.3, -0.25) is 4.79 Å². The van der Waals surface area contributed by atoms with Crippen LogP contribution in [0.25, 0.3) is 10.8 Å². The number of carbonyl (C=O) groups excluding carboxylic acids is 4. The molecule has 2 heterocycles. The van der Waals surface area contributed by atoms with Crippen LogP contribution in [0.5, 0.6) is 5.75 Å². The number of hydrogen-bond donors (Lipinski definition) is 2. The van der Waals surface area contributed by atoms with E-state index in [2.05, 4.69) is 15.6 Å². The standard InChI is InChI=1S/C44H54N6O9S/c1-26-24-49(9)40(52)47-31-13-18-36(60(55,56)32-14-15-32)29(22-31)25-48(8)39(51)37(28-11-17-35(57-10)34(26)23-28)46-30-12-16-33-27(21-30)19-20-45-38(33)50(41(53)58-43(2,3)4)42(54)59-44(5,6)7/h11-13,16-23,26,32,37,46H,14-15,24-25H2,1-10H3,(H,47,52)/t26-,37?/m1/s1. The Morgan fingerprint density at radius 1 is 0.883 bits per heavy atom. The van der Waals surface area contributed by atoms with Gasteiger partial charge in [-0.2, -0.15) is 4.90 Å². The van der Waals surface area contributed by atoms with Crippen molar-refractivity contribution in [2.24, 2.45) is 0 Å². The summed E-state index contributed by atoms with van der Waals surface area (Å²) in [4.78, 5) is 63.6. The Morgan fingerprint density at radius 2 is 1.55 bits per heavy atom. The number of nitrogens with one attached hydrogen (secondary N) is 2. The smallest absolute Gasteiger partial charge is 0.425 e. The van der Waals surface area contributed by atoms with Crippen molar-refractivity contribution in [3.05, 3.63) is 83.6 Å². The average molecular weight is 843 g/mol. The fraction of sp³-hybridized carbons (Fsp3) is 0.432. The lowest BCUT2D eigenvalue weighted by atomic mass is 9.94. The first-order chi connectivity index (χ1) is 28.1. The number of pyridine rings is 1. The number of ether oxygens (including phenoxy) is 3. The molecule has 6 rings (SSSR count). The number of aromatic nitrogens is 1. The molecule has 3 aromatic carbocycles. The number of urea groups is 1. The van der Waals surface area contributed by atoms with Gasteiger partial charge in [0.2, 0.25) is 5.91 Å². The number of nitrogens with zero attached hydrogens (tertiary/aromatic N) is 4. The average Bonchev–Trinajstić information content (AvgIpc) is 4.02. The molecule has 1 saturated carbocycles. The summed E-state index contributed by atoms with van der Waals surface area (Å²) in [5, 5.41) is 6.83. The predicted octanol–water partition coefficient (Wildman–Crippen LogP) is 8.25. The van der Waals surface area contributed by atoms with Crippen molar-refractivity contribution >= 4 is 61.9 Å². The van der Waals surface area contributed by atoms with Gasteiger partial charge in [-0.15, -0.1) is 0 Å². The molecule has 5 amide bonds. The molecule has 0 saturated heterocycles. The number of carbonyl (C=O) groups is 4. The molecule has 320 valence electrons. The summed E-state index contributed by atoms with van der Waals surface area (Å²) < 4.78 is 44.2. The molecule has 60 heavy (non-hydrogen) atoms. The quantitative estimate of drug-likeness (QED) is 0.191. The molecule has 1 fully saturated rings. The molecule has 2 atom stereocenters. The lowest BCUT2D eigenvalue weighted by molar-refractivity contribution is -0.131. The minimum atomic E-state index is -3.68. The second-order valence-electron chi connectivity index (χ2n) is 17.4. The van der Waals surface area contributed by atoms with Gasteiger partial charge in [0.05, 0.1) is 17.3 Å². The zero-order valence-electron chi connectivity index (χ0n) is 35.8. The van der Waals surface area contributed by atoms with Gasteiger partial charge in [-0.25, -0.2) is 27.8 Å². The second kappa shape index (κ2) is 16.6. The van der Waals surface area contributed by atoms with Gasteiger partial charge in [-0.05, 0) is 131 Å². The summed E-state index contributed by atoms with van der Waals surface area (Å²) in [6.45, 7) is 12.3. The molecule has 2 N–H and O–H groups in total. The van der Waals surface area contributed by atoms with Crippen LogP contribution in [0.2, 0.25) is 0 Å². The molecule has 1 unspecified atom stereocenters.